The predicted molar refractivity (Wildman–Crippen MR) is 117 cm³/mol. The summed E-state index contributed by atoms with van der Waals surface area (Å²) in [5, 5.41) is 19.6. The quantitative estimate of drug-likeness (QED) is 0.534. The van der Waals surface area contributed by atoms with Crippen LogP contribution in [0.1, 0.15) is 36.9 Å². The molecule has 1 aromatic heterocycles. The zero-order valence-electron chi connectivity index (χ0n) is 16.9. The molecule has 0 saturated heterocycles. The maximum atomic E-state index is 9.83. The SMILES string of the molecule is C[C@H](O)c1nccn1C(C=Cc1ccc(-c2ccc(O[C@@H]3C[C@H]3N)cc2)cc1)CO. The molecule has 1 heterocycles. The number of nitrogens with two attached hydrogens (primary N) is 1. The van der Waals surface area contributed by atoms with E-state index in [1.165, 1.54) is 0 Å². The van der Waals surface area contributed by atoms with Crippen LogP contribution in [0.2, 0.25) is 0 Å². The summed E-state index contributed by atoms with van der Waals surface area (Å²) in [4.78, 5) is 4.17. The number of aliphatic hydroxyl groups is 2. The Morgan fingerprint density at radius 3 is 2.37 bits per heavy atom. The Bertz CT molecular complexity index is 993. The third-order valence-corrected chi connectivity index (χ3v) is 5.29. The lowest BCUT2D eigenvalue weighted by Crippen LogP contribution is -2.14. The lowest BCUT2D eigenvalue weighted by atomic mass is 10.0. The van der Waals surface area contributed by atoms with Gasteiger partial charge in [-0.3, -0.25) is 0 Å². The van der Waals surface area contributed by atoms with E-state index in [1.807, 2.05) is 48.6 Å². The summed E-state index contributed by atoms with van der Waals surface area (Å²) in [6.07, 6.45) is 7.66. The second-order valence-corrected chi connectivity index (χ2v) is 7.68. The Morgan fingerprint density at radius 2 is 1.80 bits per heavy atom. The molecule has 156 valence electrons. The van der Waals surface area contributed by atoms with Crippen LogP contribution in [0.15, 0.2) is 67.0 Å². The fourth-order valence-corrected chi connectivity index (χ4v) is 3.40. The highest BCUT2D eigenvalue weighted by Gasteiger charge is 2.35. The van der Waals surface area contributed by atoms with Crippen LogP contribution in [0.3, 0.4) is 0 Å². The van der Waals surface area contributed by atoms with Gasteiger partial charge in [0.25, 0.3) is 0 Å². The number of benzene rings is 2. The van der Waals surface area contributed by atoms with Crippen molar-refractivity contribution in [3.63, 3.8) is 0 Å². The second kappa shape index (κ2) is 8.83. The van der Waals surface area contributed by atoms with Crippen molar-refractivity contribution >= 4 is 6.08 Å². The molecule has 1 saturated carbocycles. The van der Waals surface area contributed by atoms with Crippen LogP contribution >= 0.6 is 0 Å². The number of imidazole rings is 1. The molecule has 0 bridgehead atoms. The Kier molecular flexibility index (Phi) is 5.99. The summed E-state index contributed by atoms with van der Waals surface area (Å²) in [5.74, 6) is 1.38. The monoisotopic (exact) mass is 405 g/mol. The Balaban J connectivity index is 1.43. The summed E-state index contributed by atoms with van der Waals surface area (Å²) in [5.41, 5.74) is 9.05. The Morgan fingerprint density at radius 1 is 1.17 bits per heavy atom. The largest absolute Gasteiger partial charge is 0.489 e. The van der Waals surface area contributed by atoms with Crippen molar-refractivity contribution in [1.29, 1.82) is 0 Å². The standard InChI is InChI=1S/C24H27N3O3/c1-16(29)24-26-12-13-27(24)20(15-28)9-4-17-2-5-18(6-3-17)19-7-10-21(11-8-19)30-23-14-22(23)25/h2-13,16,20,22-23,28-29H,14-15,25H2,1H3/t16-,20?,22+,23+/m0/s1. The van der Waals surface area contributed by atoms with Gasteiger partial charge in [-0.05, 0) is 35.7 Å². The molecule has 1 fully saturated rings. The van der Waals surface area contributed by atoms with Crippen LogP contribution in [-0.4, -0.2) is 38.5 Å². The van der Waals surface area contributed by atoms with E-state index in [1.54, 1.807) is 23.9 Å². The number of aromatic nitrogens is 2. The van der Waals surface area contributed by atoms with Crippen molar-refractivity contribution in [2.75, 3.05) is 6.61 Å². The molecule has 4 atom stereocenters. The summed E-state index contributed by atoms with van der Waals surface area (Å²) in [6.45, 7) is 1.58. The van der Waals surface area contributed by atoms with Crippen molar-refractivity contribution < 1.29 is 14.9 Å². The molecule has 6 heteroatoms. The molecule has 1 aliphatic rings. The first-order valence-corrected chi connectivity index (χ1v) is 10.2. The number of ether oxygens (including phenoxy) is 1. The zero-order chi connectivity index (χ0) is 21.1. The third-order valence-electron chi connectivity index (χ3n) is 5.29. The minimum absolute atomic E-state index is 0.0785. The fraction of sp³-hybridized carbons (Fsp3) is 0.292. The first-order valence-electron chi connectivity index (χ1n) is 10.2. The number of hydrogen-bond acceptors (Lipinski definition) is 5. The van der Waals surface area contributed by atoms with Gasteiger partial charge >= 0.3 is 0 Å². The smallest absolute Gasteiger partial charge is 0.137 e. The molecular formula is C24H27N3O3. The van der Waals surface area contributed by atoms with Crippen LogP contribution in [-0.2, 0) is 0 Å². The van der Waals surface area contributed by atoms with Gasteiger partial charge in [-0.1, -0.05) is 48.6 Å². The summed E-state index contributed by atoms with van der Waals surface area (Å²) >= 11 is 0. The minimum Gasteiger partial charge on any atom is -0.489 e. The molecule has 2 aromatic carbocycles. The summed E-state index contributed by atoms with van der Waals surface area (Å²) in [6, 6.07) is 16.1. The van der Waals surface area contributed by atoms with Crippen LogP contribution in [0.4, 0.5) is 0 Å². The van der Waals surface area contributed by atoms with E-state index in [2.05, 4.69) is 17.1 Å². The molecule has 1 aliphatic carbocycles. The summed E-state index contributed by atoms with van der Waals surface area (Å²) in [7, 11) is 0. The zero-order valence-corrected chi connectivity index (χ0v) is 16.9. The van der Waals surface area contributed by atoms with Gasteiger partial charge in [-0.2, -0.15) is 0 Å². The van der Waals surface area contributed by atoms with Gasteiger partial charge in [0.05, 0.1) is 12.6 Å². The second-order valence-electron chi connectivity index (χ2n) is 7.68. The molecule has 3 aromatic rings. The molecule has 0 amide bonds. The molecule has 30 heavy (non-hydrogen) atoms. The van der Waals surface area contributed by atoms with E-state index in [0.29, 0.717) is 5.82 Å². The molecule has 4 rings (SSSR count). The van der Waals surface area contributed by atoms with Crippen LogP contribution in [0.5, 0.6) is 5.75 Å². The molecule has 4 N–H and O–H groups in total. The molecule has 0 aliphatic heterocycles. The van der Waals surface area contributed by atoms with Crippen molar-refractivity contribution in [2.45, 2.75) is 37.6 Å². The molecule has 0 spiro atoms. The maximum absolute atomic E-state index is 9.83. The van der Waals surface area contributed by atoms with Crippen molar-refractivity contribution in [1.82, 2.24) is 9.55 Å². The topological polar surface area (TPSA) is 93.5 Å². The lowest BCUT2D eigenvalue weighted by Gasteiger charge is -2.16. The van der Waals surface area contributed by atoms with Crippen LogP contribution in [0.25, 0.3) is 17.2 Å². The fourth-order valence-electron chi connectivity index (χ4n) is 3.40. The van der Waals surface area contributed by atoms with Gasteiger partial charge in [-0.15, -0.1) is 0 Å². The first-order chi connectivity index (χ1) is 14.5. The lowest BCUT2D eigenvalue weighted by molar-refractivity contribution is 0.175. The maximum Gasteiger partial charge on any atom is 0.137 e. The highest BCUT2D eigenvalue weighted by atomic mass is 16.5. The summed E-state index contributed by atoms with van der Waals surface area (Å²) < 4.78 is 7.57. The average Bonchev–Trinajstić information content (AvgIpc) is 3.24. The van der Waals surface area contributed by atoms with Crippen molar-refractivity contribution in [2.24, 2.45) is 5.73 Å². The van der Waals surface area contributed by atoms with Gasteiger partial charge in [-0.25, -0.2) is 4.98 Å². The van der Waals surface area contributed by atoms with E-state index in [4.69, 9.17) is 10.5 Å². The van der Waals surface area contributed by atoms with Gasteiger partial charge in [0.2, 0.25) is 0 Å². The average molecular weight is 405 g/mol. The Labute approximate surface area is 176 Å². The number of rotatable bonds is 8. The third kappa shape index (κ3) is 4.62. The van der Waals surface area contributed by atoms with E-state index in [-0.39, 0.29) is 24.8 Å². The van der Waals surface area contributed by atoms with E-state index >= 15 is 0 Å². The number of nitrogens with zero attached hydrogens (tertiary/aromatic N) is 2. The normalized spacial score (nSPS) is 20.3. The van der Waals surface area contributed by atoms with E-state index in [0.717, 1.165) is 28.9 Å². The molecule has 0 radical (unpaired) electrons. The predicted octanol–water partition coefficient (Wildman–Crippen LogP) is 3.33. The van der Waals surface area contributed by atoms with Gasteiger partial charge in [0.15, 0.2) is 0 Å². The van der Waals surface area contributed by atoms with Crippen molar-refractivity contribution in [3.05, 3.63) is 78.4 Å². The van der Waals surface area contributed by atoms with Crippen LogP contribution in [0, 0.1) is 0 Å². The number of aliphatic hydroxyl groups excluding tert-OH is 2. The highest BCUT2D eigenvalue weighted by Crippen LogP contribution is 2.28. The van der Waals surface area contributed by atoms with Gasteiger partial charge in [0.1, 0.15) is 23.8 Å². The van der Waals surface area contributed by atoms with Crippen LogP contribution < -0.4 is 10.5 Å². The van der Waals surface area contributed by atoms with Crippen molar-refractivity contribution in [3.8, 4) is 16.9 Å². The van der Waals surface area contributed by atoms with Gasteiger partial charge in [0, 0.05) is 24.9 Å². The first kappa shape index (κ1) is 20.3. The Hall–Kier alpha value is -2.93. The molecule has 6 nitrogen and oxygen atoms in total. The number of hydrogen-bond donors (Lipinski definition) is 3. The molecule has 1 unspecified atom stereocenters. The van der Waals surface area contributed by atoms with Gasteiger partial charge < -0.3 is 25.3 Å². The minimum atomic E-state index is -0.695. The van der Waals surface area contributed by atoms with E-state index in [9.17, 15) is 10.2 Å². The highest BCUT2D eigenvalue weighted by molar-refractivity contribution is 5.66. The van der Waals surface area contributed by atoms with E-state index < -0.39 is 6.10 Å². The molecular weight excluding hydrogens is 378 g/mol.